The van der Waals surface area contributed by atoms with Crippen LogP contribution in [0, 0.1) is 0 Å². The Balaban J connectivity index is 2.56. The molecule has 1 unspecified atom stereocenters. The number of rotatable bonds is 3. The lowest BCUT2D eigenvalue weighted by Crippen LogP contribution is -2.42. The molecule has 88 valence electrons. The Morgan fingerprint density at radius 1 is 1.27 bits per heavy atom. The molecule has 1 aliphatic rings. The number of likely N-dealkylation sites (tertiary alicyclic amines) is 1. The quantitative estimate of drug-likeness (QED) is 0.725. The fourth-order valence-electron chi connectivity index (χ4n) is 1.86. The van der Waals surface area contributed by atoms with Gasteiger partial charge in [-0.2, -0.15) is 0 Å². The molecule has 0 aromatic heterocycles. The molecule has 1 amide bonds. The lowest BCUT2D eigenvalue weighted by Gasteiger charge is -2.28. The molecule has 0 spiro atoms. The Morgan fingerprint density at radius 3 is 2.73 bits per heavy atom. The summed E-state index contributed by atoms with van der Waals surface area (Å²) >= 11 is 0. The van der Waals surface area contributed by atoms with Gasteiger partial charge in [0.15, 0.2) is 0 Å². The third-order valence-electron chi connectivity index (χ3n) is 2.56. The van der Waals surface area contributed by atoms with Gasteiger partial charge >= 0.3 is 6.09 Å². The normalized spacial score (nSPS) is 22.3. The van der Waals surface area contributed by atoms with Gasteiger partial charge in [0.05, 0.1) is 6.61 Å². The molecule has 4 heteroatoms. The minimum Gasteiger partial charge on any atom is -0.450 e. The summed E-state index contributed by atoms with van der Waals surface area (Å²) in [6, 6.07) is 0. The first kappa shape index (κ1) is 12.3. The first-order valence-electron chi connectivity index (χ1n) is 5.84. The van der Waals surface area contributed by atoms with E-state index in [1.54, 1.807) is 4.90 Å². The van der Waals surface area contributed by atoms with Crippen LogP contribution in [0.15, 0.2) is 0 Å². The van der Waals surface area contributed by atoms with E-state index in [1.165, 1.54) is 6.42 Å². The second-order valence-electron chi connectivity index (χ2n) is 3.65. The first-order chi connectivity index (χ1) is 7.29. The van der Waals surface area contributed by atoms with E-state index >= 15 is 0 Å². The van der Waals surface area contributed by atoms with E-state index < -0.39 is 0 Å². The molecule has 4 nitrogen and oxygen atoms in total. The average molecular weight is 215 g/mol. The summed E-state index contributed by atoms with van der Waals surface area (Å²) in [5.41, 5.74) is 0. The van der Waals surface area contributed by atoms with Crippen molar-refractivity contribution in [3.63, 3.8) is 0 Å². The average Bonchev–Trinajstić information content (AvgIpc) is 2.44. The number of carbonyl (C=O) groups excluding carboxylic acids is 1. The molecule has 1 fully saturated rings. The summed E-state index contributed by atoms with van der Waals surface area (Å²) in [5, 5.41) is 0. The van der Waals surface area contributed by atoms with E-state index in [9.17, 15) is 4.79 Å². The zero-order valence-electron chi connectivity index (χ0n) is 9.70. The standard InChI is InChI=1S/C11H21NO3/c1-3-14-10-8-6-5-7-9-12(10)11(13)15-4-2/h10H,3-9H2,1-2H3. The van der Waals surface area contributed by atoms with Crippen LogP contribution in [0.2, 0.25) is 0 Å². The summed E-state index contributed by atoms with van der Waals surface area (Å²) < 4.78 is 10.6. The topological polar surface area (TPSA) is 38.8 Å². The molecule has 0 aromatic rings. The third-order valence-corrected chi connectivity index (χ3v) is 2.56. The maximum atomic E-state index is 11.7. The van der Waals surface area contributed by atoms with Crippen LogP contribution in [0.5, 0.6) is 0 Å². The molecule has 0 aliphatic carbocycles. The van der Waals surface area contributed by atoms with E-state index in [2.05, 4.69) is 0 Å². The molecule has 0 bridgehead atoms. The van der Waals surface area contributed by atoms with E-state index in [0.29, 0.717) is 13.2 Å². The lowest BCUT2D eigenvalue weighted by atomic mass is 10.2. The maximum absolute atomic E-state index is 11.7. The second-order valence-corrected chi connectivity index (χ2v) is 3.65. The largest absolute Gasteiger partial charge is 0.450 e. The molecule has 0 radical (unpaired) electrons. The fourth-order valence-corrected chi connectivity index (χ4v) is 1.86. The summed E-state index contributed by atoms with van der Waals surface area (Å²) in [4.78, 5) is 13.4. The van der Waals surface area contributed by atoms with Crippen LogP contribution in [0.4, 0.5) is 4.79 Å². The zero-order chi connectivity index (χ0) is 11.1. The Bertz CT molecular complexity index is 196. The molecule has 0 saturated carbocycles. The number of carbonyl (C=O) groups is 1. The molecule has 0 N–H and O–H groups in total. The number of amides is 1. The van der Waals surface area contributed by atoms with E-state index in [-0.39, 0.29) is 12.3 Å². The molecular weight excluding hydrogens is 194 g/mol. The van der Waals surface area contributed by atoms with Crippen molar-refractivity contribution < 1.29 is 14.3 Å². The number of nitrogens with zero attached hydrogens (tertiary/aromatic N) is 1. The second kappa shape index (κ2) is 6.67. The summed E-state index contributed by atoms with van der Waals surface area (Å²) in [5.74, 6) is 0. The molecule has 15 heavy (non-hydrogen) atoms. The van der Waals surface area contributed by atoms with Crippen molar-refractivity contribution in [2.45, 2.75) is 45.8 Å². The monoisotopic (exact) mass is 215 g/mol. The Labute approximate surface area is 91.5 Å². The van der Waals surface area contributed by atoms with Crippen LogP contribution in [0.25, 0.3) is 0 Å². The van der Waals surface area contributed by atoms with E-state index in [1.807, 2.05) is 13.8 Å². The maximum Gasteiger partial charge on any atom is 0.411 e. The van der Waals surface area contributed by atoms with Crippen LogP contribution < -0.4 is 0 Å². The Kier molecular flexibility index (Phi) is 5.47. The van der Waals surface area contributed by atoms with Crippen molar-refractivity contribution in [3.05, 3.63) is 0 Å². The molecular formula is C11H21NO3. The zero-order valence-corrected chi connectivity index (χ0v) is 9.70. The predicted molar refractivity (Wildman–Crippen MR) is 57.6 cm³/mol. The van der Waals surface area contributed by atoms with Gasteiger partial charge in [0, 0.05) is 13.2 Å². The number of hydrogen-bond donors (Lipinski definition) is 0. The third kappa shape index (κ3) is 3.70. The van der Waals surface area contributed by atoms with Gasteiger partial charge in [-0.25, -0.2) is 4.79 Å². The van der Waals surface area contributed by atoms with Crippen LogP contribution >= 0.6 is 0 Å². The van der Waals surface area contributed by atoms with Gasteiger partial charge in [0.2, 0.25) is 0 Å². The fraction of sp³-hybridized carbons (Fsp3) is 0.909. The van der Waals surface area contributed by atoms with Crippen molar-refractivity contribution in [3.8, 4) is 0 Å². The highest BCUT2D eigenvalue weighted by Gasteiger charge is 2.26. The van der Waals surface area contributed by atoms with Crippen LogP contribution in [-0.4, -0.2) is 37.0 Å². The van der Waals surface area contributed by atoms with Crippen LogP contribution in [0.1, 0.15) is 39.5 Å². The molecule has 0 aromatic carbocycles. The van der Waals surface area contributed by atoms with Gasteiger partial charge in [0.1, 0.15) is 6.23 Å². The molecule has 1 saturated heterocycles. The van der Waals surface area contributed by atoms with Crippen molar-refractivity contribution in [1.29, 1.82) is 0 Å². The van der Waals surface area contributed by atoms with Gasteiger partial charge in [0.25, 0.3) is 0 Å². The van der Waals surface area contributed by atoms with E-state index in [4.69, 9.17) is 9.47 Å². The van der Waals surface area contributed by atoms with Crippen molar-refractivity contribution in [1.82, 2.24) is 4.90 Å². The summed E-state index contributed by atoms with van der Waals surface area (Å²) in [6.45, 7) is 5.60. The summed E-state index contributed by atoms with van der Waals surface area (Å²) in [7, 11) is 0. The molecule has 1 rings (SSSR count). The van der Waals surface area contributed by atoms with Crippen molar-refractivity contribution >= 4 is 6.09 Å². The van der Waals surface area contributed by atoms with Crippen molar-refractivity contribution in [2.75, 3.05) is 19.8 Å². The SMILES string of the molecule is CCOC(=O)N1CCCCCC1OCC. The van der Waals surface area contributed by atoms with Gasteiger partial charge in [-0.3, -0.25) is 4.90 Å². The molecule has 1 heterocycles. The summed E-state index contributed by atoms with van der Waals surface area (Å²) in [6.07, 6.45) is 3.93. The highest BCUT2D eigenvalue weighted by molar-refractivity contribution is 5.67. The minimum atomic E-state index is -0.238. The Hall–Kier alpha value is -0.770. The number of hydrogen-bond acceptors (Lipinski definition) is 3. The highest BCUT2D eigenvalue weighted by Crippen LogP contribution is 2.18. The molecule has 1 aliphatic heterocycles. The first-order valence-corrected chi connectivity index (χ1v) is 5.84. The Morgan fingerprint density at radius 2 is 2.07 bits per heavy atom. The van der Waals surface area contributed by atoms with Gasteiger partial charge in [-0.15, -0.1) is 0 Å². The van der Waals surface area contributed by atoms with E-state index in [0.717, 1.165) is 25.8 Å². The van der Waals surface area contributed by atoms with Crippen molar-refractivity contribution in [2.24, 2.45) is 0 Å². The molecule has 1 atom stereocenters. The number of ether oxygens (including phenoxy) is 2. The highest BCUT2D eigenvalue weighted by atomic mass is 16.6. The van der Waals surface area contributed by atoms with Crippen LogP contribution in [0.3, 0.4) is 0 Å². The van der Waals surface area contributed by atoms with Gasteiger partial charge in [-0.1, -0.05) is 6.42 Å². The predicted octanol–water partition coefficient (Wildman–Crippen LogP) is 2.38. The van der Waals surface area contributed by atoms with Gasteiger partial charge < -0.3 is 9.47 Å². The lowest BCUT2D eigenvalue weighted by molar-refractivity contribution is -0.0481. The minimum absolute atomic E-state index is 0.0865. The van der Waals surface area contributed by atoms with Crippen LogP contribution in [-0.2, 0) is 9.47 Å². The smallest absolute Gasteiger partial charge is 0.411 e. The van der Waals surface area contributed by atoms with Gasteiger partial charge in [-0.05, 0) is 33.1 Å².